The van der Waals surface area contributed by atoms with Crippen molar-refractivity contribution in [2.75, 3.05) is 7.11 Å². The first kappa shape index (κ1) is 21.2. The Kier molecular flexibility index (Phi) is 7.54. The molecule has 148 valence electrons. The van der Waals surface area contributed by atoms with E-state index in [1.807, 2.05) is 0 Å². The SMILES string of the molecule is CCCCCCC(C)(C)c1cc(CO)c(C2(O)CCCCC2)c(OC)c1. The summed E-state index contributed by atoms with van der Waals surface area (Å²) < 4.78 is 5.71. The molecule has 0 heterocycles. The molecule has 0 spiro atoms. The molecule has 0 aliphatic heterocycles. The van der Waals surface area contributed by atoms with Gasteiger partial charge in [-0.05, 0) is 41.9 Å². The third-order valence-corrected chi connectivity index (χ3v) is 6.16. The standard InChI is InChI=1S/C23H38O3/c1-5-6-7-9-12-22(2,3)19-15-18(17-24)21(20(16-19)26-4)23(25)13-10-8-11-14-23/h15-16,24-25H,5-14,17H2,1-4H3. The molecule has 1 aromatic rings. The van der Waals surface area contributed by atoms with Gasteiger partial charge in [0.2, 0.25) is 0 Å². The second-order valence-electron chi connectivity index (χ2n) is 8.66. The fraction of sp³-hybridized carbons (Fsp3) is 0.739. The van der Waals surface area contributed by atoms with E-state index in [0.717, 1.165) is 49.0 Å². The highest BCUT2D eigenvalue weighted by Gasteiger charge is 2.37. The zero-order chi connectivity index (χ0) is 19.2. The van der Waals surface area contributed by atoms with Crippen LogP contribution in [0, 0.1) is 0 Å². The van der Waals surface area contributed by atoms with Crippen LogP contribution < -0.4 is 4.74 Å². The Morgan fingerprint density at radius 1 is 1.08 bits per heavy atom. The summed E-state index contributed by atoms with van der Waals surface area (Å²) in [6, 6.07) is 4.20. The summed E-state index contributed by atoms with van der Waals surface area (Å²) in [5.74, 6) is 0.734. The van der Waals surface area contributed by atoms with Crippen LogP contribution in [0.1, 0.15) is 102 Å². The Labute approximate surface area is 159 Å². The minimum Gasteiger partial charge on any atom is -0.496 e. The highest BCUT2D eigenvalue weighted by molar-refractivity contribution is 5.49. The highest BCUT2D eigenvalue weighted by Crippen LogP contribution is 2.45. The minimum absolute atomic E-state index is 0.0264. The molecule has 2 rings (SSSR count). The molecule has 0 radical (unpaired) electrons. The molecule has 0 saturated heterocycles. The van der Waals surface area contributed by atoms with Crippen LogP contribution in [0.2, 0.25) is 0 Å². The number of rotatable bonds is 9. The molecular formula is C23H38O3. The van der Waals surface area contributed by atoms with Crippen molar-refractivity contribution in [3.63, 3.8) is 0 Å². The number of benzene rings is 1. The Morgan fingerprint density at radius 2 is 1.77 bits per heavy atom. The maximum atomic E-state index is 11.3. The lowest BCUT2D eigenvalue weighted by molar-refractivity contribution is -0.00435. The summed E-state index contributed by atoms with van der Waals surface area (Å²) in [5.41, 5.74) is 1.99. The molecule has 3 heteroatoms. The van der Waals surface area contributed by atoms with Crippen LogP contribution >= 0.6 is 0 Å². The first-order chi connectivity index (χ1) is 12.4. The molecule has 1 fully saturated rings. The van der Waals surface area contributed by atoms with Crippen molar-refractivity contribution < 1.29 is 14.9 Å². The molecular weight excluding hydrogens is 324 g/mol. The second kappa shape index (κ2) is 9.23. The third kappa shape index (κ3) is 4.80. The summed E-state index contributed by atoms with van der Waals surface area (Å²) in [6.45, 7) is 6.71. The predicted octanol–water partition coefficient (Wildman–Crippen LogP) is 5.59. The Balaban J connectivity index is 2.36. The summed E-state index contributed by atoms with van der Waals surface area (Å²) in [7, 11) is 1.67. The van der Waals surface area contributed by atoms with Crippen molar-refractivity contribution in [2.24, 2.45) is 0 Å². The average molecular weight is 363 g/mol. The van der Waals surface area contributed by atoms with Crippen LogP contribution in [0.5, 0.6) is 5.75 Å². The van der Waals surface area contributed by atoms with Crippen molar-refractivity contribution >= 4 is 0 Å². The van der Waals surface area contributed by atoms with Crippen LogP contribution in [0.4, 0.5) is 0 Å². The van der Waals surface area contributed by atoms with Crippen LogP contribution in [-0.4, -0.2) is 17.3 Å². The van der Waals surface area contributed by atoms with Crippen LogP contribution in [0.3, 0.4) is 0 Å². The number of aliphatic hydroxyl groups excluding tert-OH is 1. The fourth-order valence-corrected chi connectivity index (χ4v) is 4.40. The van der Waals surface area contributed by atoms with Crippen molar-refractivity contribution in [3.05, 3.63) is 28.8 Å². The van der Waals surface area contributed by atoms with Gasteiger partial charge in [-0.2, -0.15) is 0 Å². The minimum atomic E-state index is -0.870. The summed E-state index contributed by atoms with van der Waals surface area (Å²) in [4.78, 5) is 0. The van der Waals surface area contributed by atoms with Gasteiger partial charge in [-0.25, -0.2) is 0 Å². The number of aliphatic hydroxyl groups is 2. The monoisotopic (exact) mass is 362 g/mol. The molecule has 0 unspecified atom stereocenters. The van der Waals surface area contributed by atoms with Gasteiger partial charge in [-0.3, -0.25) is 0 Å². The summed E-state index contributed by atoms with van der Waals surface area (Å²) in [6.07, 6.45) is 10.8. The number of unbranched alkanes of at least 4 members (excludes halogenated alkanes) is 3. The van der Waals surface area contributed by atoms with E-state index in [4.69, 9.17) is 4.74 Å². The zero-order valence-corrected chi connectivity index (χ0v) is 17.2. The maximum Gasteiger partial charge on any atom is 0.125 e. The Hall–Kier alpha value is -1.06. The average Bonchev–Trinajstić information content (AvgIpc) is 2.64. The van der Waals surface area contributed by atoms with E-state index in [1.54, 1.807) is 7.11 Å². The zero-order valence-electron chi connectivity index (χ0n) is 17.2. The van der Waals surface area contributed by atoms with Gasteiger partial charge in [0.05, 0.1) is 19.3 Å². The predicted molar refractivity (Wildman–Crippen MR) is 108 cm³/mol. The Morgan fingerprint density at radius 3 is 2.35 bits per heavy atom. The molecule has 1 aliphatic carbocycles. The van der Waals surface area contributed by atoms with E-state index in [2.05, 4.69) is 32.9 Å². The largest absolute Gasteiger partial charge is 0.496 e. The van der Waals surface area contributed by atoms with Gasteiger partial charge in [0.15, 0.2) is 0 Å². The third-order valence-electron chi connectivity index (χ3n) is 6.16. The lowest BCUT2D eigenvalue weighted by Gasteiger charge is -2.36. The van der Waals surface area contributed by atoms with E-state index in [-0.39, 0.29) is 12.0 Å². The van der Waals surface area contributed by atoms with E-state index >= 15 is 0 Å². The van der Waals surface area contributed by atoms with Gasteiger partial charge in [-0.1, -0.05) is 71.8 Å². The van der Waals surface area contributed by atoms with E-state index < -0.39 is 5.60 Å². The molecule has 0 bridgehead atoms. The summed E-state index contributed by atoms with van der Waals surface area (Å²) in [5, 5.41) is 21.3. The number of hydrogen-bond acceptors (Lipinski definition) is 3. The van der Waals surface area contributed by atoms with Gasteiger partial charge >= 0.3 is 0 Å². The molecule has 0 amide bonds. The van der Waals surface area contributed by atoms with Gasteiger partial charge < -0.3 is 14.9 Å². The van der Waals surface area contributed by atoms with Gasteiger partial charge in [0, 0.05) is 5.56 Å². The van der Waals surface area contributed by atoms with Crippen molar-refractivity contribution in [3.8, 4) is 5.75 Å². The molecule has 1 saturated carbocycles. The molecule has 0 atom stereocenters. The maximum absolute atomic E-state index is 11.3. The van der Waals surface area contributed by atoms with E-state index in [9.17, 15) is 10.2 Å². The van der Waals surface area contributed by atoms with Crippen molar-refractivity contribution in [1.82, 2.24) is 0 Å². The molecule has 1 aliphatic rings. The lowest BCUT2D eigenvalue weighted by Crippen LogP contribution is -2.31. The molecule has 3 nitrogen and oxygen atoms in total. The van der Waals surface area contributed by atoms with E-state index in [1.165, 1.54) is 37.7 Å². The topological polar surface area (TPSA) is 49.7 Å². The summed E-state index contributed by atoms with van der Waals surface area (Å²) >= 11 is 0. The molecule has 2 N–H and O–H groups in total. The molecule has 26 heavy (non-hydrogen) atoms. The number of ether oxygens (including phenoxy) is 1. The van der Waals surface area contributed by atoms with Crippen LogP contribution in [-0.2, 0) is 17.6 Å². The highest BCUT2D eigenvalue weighted by atomic mass is 16.5. The van der Waals surface area contributed by atoms with E-state index in [0.29, 0.717) is 0 Å². The second-order valence-corrected chi connectivity index (χ2v) is 8.66. The van der Waals surface area contributed by atoms with Gasteiger partial charge in [0.25, 0.3) is 0 Å². The normalized spacial score (nSPS) is 17.3. The quantitative estimate of drug-likeness (QED) is 0.563. The van der Waals surface area contributed by atoms with Crippen LogP contribution in [0.15, 0.2) is 12.1 Å². The lowest BCUT2D eigenvalue weighted by atomic mass is 9.74. The smallest absolute Gasteiger partial charge is 0.125 e. The first-order valence-corrected chi connectivity index (χ1v) is 10.4. The number of hydrogen-bond donors (Lipinski definition) is 2. The van der Waals surface area contributed by atoms with Crippen LogP contribution in [0.25, 0.3) is 0 Å². The van der Waals surface area contributed by atoms with Gasteiger partial charge in [-0.15, -0.1) is 0 Å². The fourth-order valence-electron chi connectivity index (χ4n) is 4.40. The first-order valence-electron chi connectivity index (χ1n) is 10.4. The molecule has 0 aromatic heterocycles. The Bertz CT molecular complexity index is 546. The van der Waals surface area contributed by atoms with Gasteiger partial charge in [0.1, 0.15) is 5.75 Å². The van der Waals surface area contributed by atoms with Crippen molar-refractivity contribution in [2.45, 2.75) is 103 Å². The molecule has 1 aromatic carbocycles. The van der Waals surface area contributed by atoms with Crippen molar-refractivity contribution in [1.29, 1.82) is 0 Å². The number of methoxy groups -OCH3 is 1.